The second-order valence-corrected chi connectivity index (χ2v) is 4.19. The molecule has 2 aromatic rings. The minimum Gasteiger partial charge on any atom is -0.258 e. The lowest BCUT2D eigenvalue weighted by Crippen LogP contribution is -2.04. The molecule has 0 spiro atoms. The molecule has 0 fully saturated rings. The van der Waals surface area contributed by atoms with E-state index in [9.17, 15) is 23.3 Å². The highest BCUT2D eigenvalue weighted by atomic mass is 35.5. The molecule has 1 heterocycles. The fourth-order valence-electron chi connectivity index (χ4n) is 1.67. The van der Waals surface area contributed by atoms with Gasteiger partial charge in [-0.1, -0.05) is 23.7 Å². The Morgan fingerprint density at radius 1 is 1.15 bits per heavy atom. The van der Waals surface area contributed by atoms with Crippen LogP contribution in [0.25, 0.3) is 11.1 Å². The molecule has 0 aliphatic rings. The summed E-state index contributed by atoms with van der Waals surface area (Å²) in [7, 11) is 0. The van der Waals surface area contributed by atoms with Crippen LogP contribution in [0.3, 0.4) is 0 Å². The Morgan fingerprint density at radius 2 is 1.75 bits per heavy atom. The maximum atomic E-state index is 12.5. The van der Waals surface area contributed by atoms with E-state index in [0.29, 0.717) is 0 Å². The number of rotatable bonds is 2. The van der Waals surface area contributed by atoms with Crippen molar-refractivity contribution in [3.8, 4) is 11.1 Å². The Kier molecular flexibility index (Phi) is 3.63. The maximum Gasteiger partial charge on any atom is 0.416 e. The zero-order chi connectivity index (χ0) is 14.9. The highest BCUT2D eigenvalue weighted by molar-refractivity contribution is 6.32. The molecule has 0 aliphatic heterocycles. The molecule has 0 aliphatic carbocycles. The zero-order valence-electron chi connectivity index (χ0n) is 9.69. The van der Waals surface area contributed by atoms with Gasteiger partial charge in [0.25, 0.3) is 0 Å². The smallest absolute Gasteiger partial charge is 0.258 e. The Hall–Kier alpha value is -2.15. The lowest BCUT2D eigenvalue weighted by molar-refractivity contribution is -0.384. The second-order valence-electron chi connectivity index (χ2n) is 3.83. The Morgan fingerprint density at radius 3 is 2.25 bits per heavy atom. The van der Waals surface area contributed by atoms with Gasteiger partial charge in [-0.3, -0.25) is 10.1 Å². The molecule has 8 heteroatoms. The van der Waals surface area contributed by atoms with Crippen molar-refractivity contribution in [2.45, 2.75) is 6.18 Å². The van der Waals surface area contributed by atoms with Gasteiger partial charge in [-0.2, -0.15) is 13.2 Å². The number of nitro groups is 1. The lowest BCUT2D eigenvalue weighted by atomic mass is 10.0. The molecule has 0 unspecified atom stereocenters. The fraction of sp³-hybridized carbons (Fsp3) is 0.0833. The topological polar surface area (TPSA) is 56.0 Å². The minimum absolute atomic E-state index is 0.115. The van der Waals surface area contributed by atoms with Crippen LogP contribution in [-0.2, 0) is 6.18 Å². The average molecular weight is 303 g/mol. The molecule has 104 valence electrons. The SMILES string of the molecule is O=[N+]([O-])c1c(-c2ccc(C(F)(F)F)cc2)ccnc1Cl. The first kappa shape index (κ1) is 14.3. The molecule has 0 saturated carbocycles. The zero-order valence-corrected chi connectivity index (χ0v) is 10.4. The highest BCUT2D eigenvalue weighted by Crippen LogP contribution is 2.36. The molecule has 0 N–H and O–H groups in total. The number of benzene rings is 1. The van der Waals surface area contributed by atoms with Crippen molar-refractivity contribution in [1.82, 2.24) is 4.98 Å². The molecular formula is C12H6ClF3N2O2. The van der Waals surface area contributed by atoms with Crippen molar-refractivity contribution in [3.63, 3.8) is 0 Å². The van der Waals surface area contributed by atoms with Crippen LogP contribution in [0.2, 0.25) is 5.15 Å². The number of hydrogen-bond donors (Lipinski definition) is 0. The third kappa shape index (κ3) is 2.72. The van der Waals surface area contributed by atoms with E-state index in [2.05, 4.69) is 4.98 Å². The van der Waals surface area contributed by atoms with Crippen LogP contribution in [0.5, 0.6) is 0 Å². The molecule has 0 radical (unpaired) electrons. The van der Waals surface area contributed by atoms with E-state index < -0.39 is 22.4 Å². The van der Waals surface area contributed by atoms with Crippen molar-refractivity contribution >= 4 is 17.3 Å². The Labute approximate surface area is 116 Å². The lowest BCUT2D eigenvalue weighted by Gasteiger charge is -2.08. The van der Waals surface area contributed by atoms with Crippen LogP contribution in [-0.4, -0.2) is 9.91 Å². The molecule has 0 saturated heterocycles. The summed E-state index contributed by atoms with van der Waals surface area (Å²) in [6, 6.07) is 5.34. The van der Waals surface area contributed by atoms with Crippen molar-refractivity contribution < 1.29 is 18.1 Å². The van der Waals surface area contributed by atoms with Crippen LogP contribution in [0.1, 0.15) is 5.56 Å². The quantitative estimate of drug-likeness (QED) is 0.471. The first-order valence-corrected chi connectivity index (χ1v) is 5.65. The van der Waals surface area contributed by atoms with Crippen molar-refractivity contribution in [3.05, 3.63) is 57.4 Å². The summed E-state index contributed by atoms with van der Waals surface area (Å²) in [4.78, 5) is 13.8. The first-order chi connectivity index (χ1) is 9.30. The average Bonchev–Trinajstić information content (AvgIpc) is 2.37. The van der Waals surface area contributed by atoms with Gasteiger partial charge < -0.3 is 0 Å². The molecule has 4 nitrogen and oxygen atoms in total. The first-order valence-electron chi connectivity index (χ1n) is 5.27. The van der Waals surface area contributed by atoms with E-state index in [4.69, 9.17) is 11.6 Å². The summed E-state index contributed by atoms with van der Waals surface area (Å²) >= 11 is 5.65. The molecule has 20 heavy (non-hydrogen) atoms. The van der Waals surface area contributed by atoms with Gasteiger partial charge in [0.05, 0.1) is 16.1 Å². The van der Waals surface area contributed by atoms with Crippen molar-refractivity contribution in [1.29, 1.82) is 0 Å². The molecule has 1 aromatic heterocycles. The van der Waals surface area contributed by atoms with Crippen LogP contribution in [0.15, 0.2) is 36.5 Å². The van der Waals surface area contributed by atoms with E-state index >= 15 is 0 Å². The number of hydrogen-bond acceptors (Lipinski definition) is 3. The molecule has 0 amide bonds. The number of pyridine rings is 1. The highest BCUT2D eigenvalue weighted by Gasteiger charge is 2.30. The maximum absolute atomic E-state index is 12.5. The van der Waals surface area contributed by atoms with E-state index in [0.717, 1.165) is 24.3 Å². The van der Waals surface area contributed by atoms with Gasteiger partial charge in [0, 0.05) is 6.20 Å². The van der Waals surface area contributed by atoms with Crippen LogP contribution < -0.4 is 0 Å². The monoisotopic (exact) mass is 302 g/mol. The van der Waals surface area contributed by atoms with Gasteiger partial charge >= 0.3 is 11.9 Å². The van der Waals surface area contributed by atoms with Crippen molar-refractivity contribution in [2.75, 3.05) is 0 Å². The number of alkyl halides is 3. The summed E-state index contributed by atoms with van der Waals surface area (Å²) in [6.45, 7) is 0. The van der Waals surface area contributed by atoms with E-state index in [1.165, 1.54) is 12.3 Å². The van der Waals surface area contributed by atoms with Gasteiger partial charge in [-0.05, 0) is 23.8 Å². The molecule has 1 aromatic carbocycles. The molecule has 0 bridgehead atoms. The standard InChI is InChI=1S/C12H6ClF3N2O2/c13-11-10(18(19)20)9(5-6-17-11)7-1-3-8(4-2-7)12(14,15)16/h1-6H. The van der Waals surface area contributed by atoms with Crippen LogP contribution in [0, 0.1) is 10.1 Å². The number of halogens is 4. The normalized spacial score (nSPS) is 11.4. The van der Waals surface area contributed by atoms with E-state index in [1.807, 2.05) is 0 Å². The predicted octanol–water partition coefficient (Wildman–Crippen LogP) is 4.33. The largest absolute Gasteiger partial charge is 0.416 e. The van der Waals surface area contributed by atoms with Gasteiger partial charge in [0.1, 0.15) is 0 Å². The summed E-state index contributed by atoms with van der Waals surface area (Å²) in [5, 5.41) is 10.6. The van der Waals surface area contributed by atoms with Gasteiger partial charge in [0.15, 0.2) is 0 Å². The van der Waals surface area contributed by atoms with Gasteiger partial charge in [-0.25, -0.2) is 4.98 Å². The number of nitrogens with zero attached hydrogens (tertiary/aromatic N) is 2. The van der Waals surface area contributed by atoms with Gasteiger partial charge in [-0.15, -0.1) is 0 Å². The third-order valence-corrected chi connectivity index (χ3v) is 2.86. The predicted molar refractivity (Wildman–Crippen MR) is 66.3 cm³/mol. The Bertz CT molecular complexity index is 657. The summed E-state index contributed by atoms with van der Waals surface area (Å²) in [5.41, 5.74) is -0.893. The van der Waals surface area contributed by atoms with Crippen LogP contribution in [0.4, 0.5) is 18.9 Å². The van der Waals surface area contributed by atoms with E-state index in [-0.39, 0.29) is 16.3 Å². The van der Waals surface area contributed by atoms with Crippen molar-refractivity contribution in [2.24, 2.45) is 0 Å². The molecule has 0 atom stereocenters. The second kappa shape index (κ2) is 5.09. The summed E-state index contributed by atoms with van der Waals surface area (Å²) in [6.07, 6.45) is -3.21. The fourth-order valence-corrected chi connectivity index (χ4v) is 1.90. The minimum atomic E-state index is -4.46. The molecular weight excluding hydrogens is 297 g/mol. The number of aromatic nitrogens is 1. The molecule has 2 rings (SSSR count). The Balaban J connectivity index is 2.53. The third-order valence-electron chi connectivity index (χ3n) is 2.59. The summed E-state index contributed by atoms with van der Waals surface area (Å²) in [5.74, 6) is 0. The van der Waals surface area contributed by atoms with Gasteiger partial charge in [0.2, 0.25) is 5.15 Å². The van der Waals surface area contributed by atoms with E-state index in [1.54, 1.807) is 0 Å². The summed E-state index contributed by atoms with van der Waals surface area (Å²) < 4.78 is 37.4. The van der Waals surface area contributed by atoms with Crippen LogP contribution >= 0.6 is 11.6 Å².